The number of halogens is 1. The molecule has 0 saturated carbocycles. The molecule has 0 saturated heterocycles. The molecule has 100 valence electrons. The van der Waals surface area contributed by atoms with Crippen LogP contribution in [0.1, 0.15) is 17.3 Å². The van der Waals surface area contributed by atoms with Crippen LogP contribution in [0.2, 0.25) is 0 Å². The Morgan fingerprint density at radius 2 is 2.16 bits per heavy atom. The van der Waals surface area contributed by atoms with E-state index in [2.05, 4.69) is 4.98 Å². The molecule has 0 bridgehead atoms. The summed E-state index contributed by atoms with van der Waals surface area (Å²) in [5.74, 6) is -1.16. The zero-order valence-electron chi connectivity index (χ0n) is 10.5. The van der Waals surface area contributed by atoms with Gasteiger partial charge in [0, 0.05) is 12.3 Å². The number of rotatable bonds is 3. The number of hydrogen-bond donors (Lipinski definition) is 1. The Labute approximate surface area is 108 Å². The summed E-state index contributed by atoms with van der Waals surface area (Å²) in [6.45, 7) is 1.79. The number of fused-ring (bicyclic) bond motifs is 1. The normalized spacial score (nSPS) is 10.5. The van der Waals surface area contributed by atoms with Crippen molar-refractivity contribution < 1.29 is 18.7 Å². The van der Waals surface area contributed by atoms with Crippen molar-refractivity contribution in [2.45, 2.75) is 6.92 Å². The summed E-state index contributed by atoms with van der Waals surface area (Å²) in [7, 11) is 1.37. The van der Waals surface area contributed by atoms with Crippen molar-refractivity contribution in [1.29, 1.82) is 0 Å². The second kappa shape index (κ2) is 5.09. The molecule has 0 amide bonds. The Bertz CT molecular complexity index is 693. The van der Waals surface area contributed by atoms with E-state index in [1.807, 2.05) is 0 Å². The van der Waals surface area contributed by atoms with Gasteiger partial charge in [-0.2, -0.15) is 0 Å². The summed E-state index contributed by atoms with van der Waals surface area (Å²) in [5, 5.41) is 0.0439. The number of hydrogen-bond acceptors (Lipinski definition) is 4. The van der Waals surface area contributed by atoms with Crippen LogP contribution in [0, 0.1) is 5.82 Å². The third kappa shape index (κ3) is 2.29. The van der Waals surface area contributed by atoms with Crippen LogP contribution >= 0.6 is 0 Å². The first kappa shape index (κ1) is 13.1. The minimum absolute atomic E-state index is 0.0267. The monoisotopic (exact) mass is 265 g/mol. The Kier molecular flexibility index (Phi) is 3.50. The third-order valence-electron chi connectivity index (χ3n) is 2.64. The van der Waals surface area contributed by atoms with Gasteiger partial charge < -0.3 is 14.5 Å². The fourth-order valence-electron chi connectivity index (χ4n) is 1.74. The molecule has 0 aliphatic heterocycles. The van der Waals surface area contributed by atoms with Crippen LogP contribution in [0.3, 0.4) is 0 Å². The molecule has 19 heavy (non-hydrogen) atoms. The molecule has 0 aliphatic rings. The Morgan fingerprint density at radius 1 is 1.42 bits per heavy atom. The van der Waals surface area contributed by atoms with Gasteiger partial charge in [0.2, 0.25) is 5.43 Å². The van der Waals surface area contributed by atoms with Crippen molar-refractivity contribution in [3.8, 4) is 5.75 Å². The van der Waals surface area contributed by atoms with E-state index in [0.717, 1.165) is 12.3 Å². The summed E-state index contributed by atoms with van der Waals surface area (Å²) in [6, 6.07) is 2.53. The number of carbonyl (C=O) groups is 1. The highest BCUT2D eigenvalue weighted by Crippen LogP contribution is 2.20. The number of methoxy groups -OCH3 is 1. The van der Waals surface area contributed by atoms with Crippen molar-refractivity contribution in [3.05, 3.63) is 39.9 Å². The van der Waals surface area contributed by atoms with E-state index in [0.29, 0.717) is 0 Å². The lowest BCUT2D eigenvalue weighted by atomic mass is 10.1. The van der Waals surface area contributed by atoms with Crippen LogP contribution in [0.4, 0.5) is 4.39 Å². The summed E-state index contributed by atoms with van der Waals surface area (Å²) < 4.78 is 23.4. The van der Waals surface area contributed by atoms with Crippen molar-refractivity contribution in [3.63, 3.8) is 0 Å². The molecule has 0 spiro atoms. The topological polar surface area (TPSA) is 68.4 Å². The average Bonchev–Trinajstić information content (AvgIpc) is 2.39. The molecule has 5 nitrogen and oxygen atoms in total. The van der Waals surface area contributed by atoms with Gasteiger partial charge in [-0.25, -0.2) is 9.18 Å². The minimum Gasteiger partial charge on any atom is -0.497 e. The number of ether oxygens (including phenoxy) is 2. The SMILES string of the molecule is CCOC(=O)c1c[nH]c2c(F)cc(OC)cc2c1=O. The average molecular weight is 265 g/mol. The molecule has 0 radical (unpaired) electrons. The van der Waals surface area contributed by atoms with Gasteiger partial charge in [0.05, 0.1) is 24.6 Å². The third-order valence-corrected chi connectivity index (χ3v) is 2.64. The molecule has 2 rings (SSSR count). The number of pyridine rings is 1. The number of nitrogens with one attached hydrogen (secondary N) is 1. The number of benzene rings is 1. The van der Waals surface area contributed by atoms with E-state index in [9.17, 15) is 14.0 Å². The Morgan fingerprint density at radius 3 is 2.79 bits per heavy atom. The minimum atomic E-state index is -0.742. The predicted molar refractivity (Wildman–Crippen MR) is 67.0 cm³/mol. The fourth-order valence-corrected chi connectivity index (χ4v) is 1.74. The summed E-state index contributed by atoms with van der Waals surface area (Å²) in [4.78, 5) is 26.3. The van der Waals surface area contributed by atoms with Gasteiger partial charge in [0.15, 0.2) is 5.82 Å². The van der Waals surface area contributed by atoms with Gasteiger partial charge in [-0.1, -0.05) is 0 Å². The molecule has 1 aromatic heterocycles. The highest BCUT2D eigenvalue weighted by Gasteiger charge is 2.16. The van der Waals surface area contributed by atoms with E-state index in [1.54, 1.807) is 6.92 Å². The van der Waals surface area contributed by atoms with Crippen molar-refractivity contribution in [2.24, 2.45) is 0 Å². The fraction of sp³-hybridized carbons (Fsp3) is 0.231. The van der Waals surface area contributed by atoms with Crippen LogP contribution in [-0.4, -0.2) is 24.7 Å². The standard InChI is InChI=1S/C13H12FNO4/c1-3-19-13(17)9-6-15-11-8(12(9)16)4-7(18-2)5-10(11)14/h4-6H,3H2,1-2H3,(H,15,16). The van der Waals surface area contributed by atoms with Crippen LogP contribution in [0.25, 0.3) is 10.9 Å². The molecule has 1 heterocycles. The van der Waals surface area contributed by atoms with Crippen LogP contribution in [0.5, 0.6) is 5.75 Å². The highest BCUT2D eigenvalue weighted by molar-refractivity contribution is 5.93. The van der Waals surface area contributed by atoms with Gasteiger partial charge in [-0.15, -0.1) is 0 Å². The van der Waals surface area contributed by atoms with Crippen LogP contribution in [0.15, 0.2) is 23.1 Å². The number of esters is 1. The molecule has 0 unspecified atom stereocenters. The first-order valence-electron chi connectivity index (χ1n) is 5.64. The zero-order chi connectivity index (χ0) is 14.0. The highest BCUT2D eigenvalue weighted by atomic mass is 19.1. The van der Waals surface area contributed by atoms with Crippen molar-refractivity contribution in [2.75, 3.05) is 13.7 Å². The number of carbonyl (C=O) groups excluding carboxylic acids is 1. The lowest BCUT2D eigenvalue weighted by Gasteiger charge is -2.06. The smallest absolute Gasteiger partial charge is 0.343 e. The van der Waals surface area contributed by atoms with Gasteiger partial charge in [0.25, 0.3) is 0 Å². The first-order chi connectivity index (χ1) is 9.08. The molecular formula is C13H12FNO4. The summed E-state index contributed by atoms with van der Waals surface area (Å²) in [5.41, 5.74) is -0.731. The number of aromatic nitrogens is 1. The van der Waals surface area contributed by atoms with Gasteiger partial charge in [-0.3, -0.25) is 4.79 Å². The molecular weight excluding hydrogens is 253 g/mol. The van der Waals surface area contributed by atoms with Crippen LogP contribution < -0.4 is 10.2 Å². The number of aromatic amines is 1. The van der Waals surface area contributed by atoms with Gasteiger partial charge >= 0.3 is 5.97 Å². The second-order valence-corrected chi connectivity index (χ2v) is 3.78. The Hall–Kier alpha value is -2.37. The maximum atomic E-state index is 13.7. The maximum absolute atomic E-state index is 13.7. The number of H-pyrrole nitrogens is 1. The summed E-state index contributed by atoms with van der Waals surface area (Å²) in [6.07, 6.45) is 1.15. The maximum Gasteiger partial charge on any atom is 0.343 e. The van der Waals surface area contributed by atoms with E-state index in [1.165, 1.54) is 13.2 Å². The second-order valence-electron chi connectivity index (χ2n) is 3.78. The van der Waals surface area contributed by atoms with E-state index in [-0.39, 0.29) is 28.8 Å². The quantitative estimate of drug-likeness (QED) is 0.860. The molecule has 2 aromatic rings. The van der Waals surface area contributed by atoms with Crippen molar-refractivity contribution >= 4 is 16.9 Å². The van der Waals surface area contributed by atoms with Gasteiger partial charge in [0.1, 0.15) is 11.3 Å². The predicted octanol–water partition coefficient (Wildman–Crippen LogP) is 1.85. The lowest BCUT2D eigenvalue weighted by Crippen LogP contribution is -2.18. The first-order valence-corrected chi connectivity index (χ1v) is 5.64. The lowest BCUT2D eigenvalue weighted by molar-refractivity contribution is 0.0524. The molecule has 1 N–H and O–H groups in total. The van der Waals surface area contributed by atoms with Gasteiger partial charge in [-0.05, 0) is 13.0 Å². The van der Waals surface area contributed by atoms with E-state index in [4.69, 9.17) is 9.47 Å². The Balaban J connectivity index is 2.70. The molecule has 0 atom stereocenters. The van der Waals surface area contributed by atoms with Crippen LogP contribution in [-0.2, 0) is 4.74 Å². The molecule has 0 aliphatic carbocycles. The largest absolute Gasteiger partial charge is 0.497 e. The summed E-state index contributed by atoms with van der Waals surface area (Å²) >= 11 is 0. The molecule has 0 fully saturated rings. The molecule has 6 heteroatoms. The van der Waals surface area contributed by atoms with E-state index >= 15 is 0 Å². The zero-order valence-corrected chi connectivity index (χ0v) is 10.5. The molecule has 1 aromatic carbocycles. The van der Waals surface area contributed by atoms with Crippen molar-refractivity contribution in [1.82, 2.24) is 4.98 Å². The van der Waals surface area contributed by atoms with E-state index < -0.39 is 17.2 Å².